The van der Waals surface area contributed by atoms with Gasteiger partial charge < -0.3 is 9.72 Å². The number of rotatable bonds is 4. The molecule has 0 aliphatic rings. The van der Waals surface area contributed by atoms with Gasteiger partial charge in [-0.1, -0.05) is 18.2 Å². The molecular weight excluding hydrogens is 371 g/mol. The number of ketones is 1. The fraction of sp³-hybridized carbons (Fsp3) is 0.0500. The Morgan fingerprint density at radius 3 is 2.64 bits per heavy atom. The minimum absolute atomic E-state index is 0.0782. The number of ether oxygens (including phenoxy) is 1. The molecule has 3 aromatic heterocycles. The summed E-state index contributed by atoms with van der Waals surface area (Å²) in [6.45, 7) is 0. The molecule has 0 spiro atoms. The van der Waals surface area contributed by atoms with Gasteiger partial charge in [-0.2, -0.15) is 0 Å². The van der Waals surface area contributed by atoms with Gasteiger partial charge in [0, 0.05) is 52.4 Å². The Balaban J connectivity index is 1.73. The van der Waals surface area contributed by atoms with E-state index in [9.17, 15) is 18.0 Å². The molecule has 0 amide bonds. The van der Waals surface area contributed by atoms with Gasteiger partial charge in [0.2, 0.25) is 0 Å². The maximum absolute atomic E-state index is 12.9. The predicted molar refractivity (Wildman–Crippen MR) is 95.9 cm³/mol. The molecular formula is C20H12F3N3O2. The average molecular weight is 383 g/mol. The lowest BCUT2D eigenvalue weighted by molar-refractivity contribution is -0.274. The molecule has 1 aromatic carbocycles. The van der Waals surface area contributed by atoms with Gasteiger partial charge in [-0.25, -0.2) is 4.98 Å². The molecule has 0 radical (unpaired) electrons. The molecule has 4 aromatic rings. The van der Waals surface area contributed by atoms with Crippen LogP contribution in [0.25, 0.3) is 22.2 Å². The number of pyridine rings is 2. The Hall–Kier alpha value is -3.68. The van der Waals surface area contributed by atoms with Gasteiger partial charge in [-0.15, -0.1) is 13.2 Å². The molecule has 4 rings (SSSR count). The third-order valence-corrected chi connectivity index (χ3v) is 4.10. The van der Waals surface area contributed by atoms with Crippen LogP contribution in [0.3, 0.4) is 0 Å². The van der Waals surface area contributed by atoms with Crippen LogP contribution in [0.5, 0.6) is 5.75 Å². The third kappa shape index (κ3) is 3.57. The van der Waals surface area contributed by atoms with Gasteiger partial charge >= 0.3 is 6.36 Å². The van der Waals surface area contributed by atoms with Gasteiger partial charge in [0.25, 0.3) is 0 Å². The van der Waals surface area contributed by atoms with E-state index in [1.165, 1.54) is 18.3 Å². The van der Waals surface area contributed by atoms with Gasteiger partial charge in [-0.05, 0) is 24.3 Å². The number of nitrogens with one attached hydrogen (secondary N) is 1. The van der Waals surface area contributed by atoms with Crippen molar-refractivity contribution in [1.29, 1.82) is 0 Å². The molecule has 0 bridgehead atoms. The average Bonchev–Trinajstić information content (AvgIpc) is 3.10. The second-order valence-corrected chi connectivity index (χ2v) is 5.97. The number of aromatic amines is 1. The smallest absolute Gasteiger partial charge is 0.406 e. The first-order valence-corrected chi connectivity index (χ1v) is 8.19. The van der Waals surface area contributed by atoms with Gasteiger partial charge in [0.15, 0.2) is 5.78 Å². The van der Waals surface area contributed by atoms with Crippen LogP contribution in [0, 0.1) is 0 Å². The molecule has 3 heterocycles. The molecule has 0 saturated carbocycles. The minimum Gasteiger partial charge on any atom is -0.406 e. The zero-order valence-electron chi connectivity index (χ0n) is 14.2. The molecule has 0 unspecified atom stereocenters. The largest absolute Gasteiger partial charge is 0.573 e. The highest BCUT2D eigenvalue weighted by Gasteiger charge is 2.31. The fourth-order valence-corrected chi connectivity index (χ4v) is 2.87. The fourth-order valence-electron chi connectivity index (χ4n) is 2.87. The number of halogens is 3. The number of carbonyl (C=O) groups is 1. The molecule has 140 valence electrons. The lowest BCUT2D eigenvalue weighted by atomic mass is 10.0. The molecule has 8 heteroatoms. The van der Waals surface area contributed by atoms with E-state index in [2.05, 4.69) is 19.7 Å². The van der Waals surface area contributed by atoms with Crippen LogP contribution in [0.1, 0.15) is 15.9 Å². The van der Waals surface area contributed by atoms with Crippen molar-refractivity contribution in [2.24, 2.45) is 0 Å². The van der Waals surface area contributed by atoms with Gasteiger partial charge in [0.1, 0.15) is 11.4 Å². The summed E-state index contributed by atoms with van der Waals surface area (Å²) in [6.07, 6.45) is 1.64. The van der Waals surface area contributed by atoms with E-state index >= 15 is 0 Å². The van der Waals surface area contributed by atoms with Crippen molar-refractivity contribution in [2.75, 3.05) is 0 Å². The highest BCUT2D eigenvalue weighted by molar-refractivity contribution is 6.16. The first kappa shape index (κ1) is 17.7. The zero-order valence-corrected chi connectivity index (χ0v) is 14.2. The molecule has 0 fully saturated rings. The van der Waals surface area contributed by atoms with Gasteiger partial charge in [-0.3, -0.25) is 9.78 Å². The van der Waals surface area contributed by atoms with Crippen molar-refractivity contribution >= 4 is 16.8 Å². The Morgan fingerprint density at radius 1 is 1.04 bits per heavy atom. The monoisotopic (exact) mass is 383 g/mol. The quantitative estimate of drug-likeness (QED) is 0.516. The molecule has 0 aliphatic heterocycles. The highest BCUT2D eigenvalue weighted by atomic mass is 19.4. The maximum Gasteiger partial charge on any atom is 0.573 e. The van der Waals surface area contributed by atoms with Crippen LogP contribution in [-0.4, -0.2) is 27.1 Å². The molecule has 0 atom stereocenters. The van der Waals surface area contributed by atoms with Crippen molar-refractivity contribution in [3.05, 3.63) is 78.4 Å². The molecule has 5 nitrogen and oxygen atoms in total. The van der Waals surface area contributed by atoms with E-state index in [1.54, 1.807) is 30.7 Å². The second kappa shape index (κ2) is 6.80. The van der Waals surface area contributed by atoms with E-state index in [0.29, 0.717) is 16.6 Å². The summed E-state index contributed by atoms with van der Waals surface area (Å²) in [6, 6.07) is 10.4. The van der Waals surface area contributed by atoms with Crippen molar-refractivity contribution in [3.8, 4) is 16.9 Å². The van der Waals surface area contributed by atoms with Crippen LogP contribution in [0.4, 0.5) is 13.2 Å². The maximum atomic E-state index is 12.9. The van der Waals surface area contributed by atoms with Crippen LogP contribution >= 0.6 is 0 Å². The lowest BCUT2D eigenvalue weighted by Gasteiger charge is -2.09. The van der Waals surface area contributed by atoms with Crippen LogP contribution in [0.2, 0.25) is 0 Å². The SMILES string of the molecule is O=C(c1cccc(OC(F)(F)F)c1)c1c[nH]c2ncc(-c3cccnc3)cc12. The number of benzene rings is 1. The van der Waals surface area contributed by atoms with E-state index in [4.69, 9.17) is 0 Å². The van der Waals surface area contributed by atoms with Crippen LogP contribution < -0.4 is 4.74 Å². The number of aromatic nitrogens is 3. The summed E-state index contributed by atoms with van der Waals surface area (Å²) < 4.78 is 41.2. The summed E-state index contributed by atoms with van der Waals surface area (Å²) in [4.78, 5) is 24.2. The van der Waals surface area contributed by atoms with Crippen molar-refractivity contribution in [2.45, 2.75) is 6.36 Å². The summed E-state index contributed by atoms with van der Waals surface area (Å²) in [5, 5.41) is 0.563. The Kier molecular flexibility index (Phi) is 4.31. The number of alkyl halides is 3. The minimum atomic E-state index is -4.83. The lowest BCUT2D eigenvalue weighted by Crippen LogP contribution is -2.17. The summed E-state index contributed by atoms with van der Waals surface area (Å²) >= 11 is 0. The predicted octanol–water partition coefficient (Wildman–Crippen LogP) is 4.75. The first-order chi connectivity index (χ1) is 13.4. The number of nitrogens with zero attached hydrogens (tertiary/aromatic N) is 2. The van der Waals surface area contributed by atoms with E-state index < -0.39 is 17.9 Å². The number of fused-ring (bicyclic) bond motifs is 1. The molecule has 0 aliphatic carbocycles. The Bertz CT molecular complexity index is 1150. The molecule has 0 saturated heterocycles. The van der Waals surface area contributed by atoms with E-state index in [-0.39, 0.29) is 5.56 Å². The Morgan fingerprint density at radius 2 is 1.89 bits per heavy atom. The number of carbonyl (C=O) groups excluding carboxylic acids is 1. The van der Waals surface area contributed by atoms with Crippen molar-refractivity contribution < 1.29 is 22.7 Å². The second-order valence-electron chi connectivity index (χ2n) is 5.97. The first-order valence-electron chi connectivity index (χ1n) is 8.19. The zero-order chi connectivity index (χ0) is 19.7. The van der Waals surface area contributed by atoms with Gasteiger partial charge in [0.05, 0.1) is 0 Å². The third-order valence-electron chi connectivity index (χ3n) is 4.10. The topological polar surface area (TPSA) is 67.9 Å². The highest BCUT2D eigenvalue weighted by Crippen LogP contribution is 2.28. The standard InChI is InChI=1S/C20H12F3N3O2/c21-20(22,23)28-15-5-1-3-12(7-15)18(27)17-11-26-19-16(17)8-14(10-25-19)13-4-2-6-24-9-13/h1-11H,(H,25,26). The Labute approximate surface area is 156 Å². The molecule has 28 heavy (non-hydrogen) atoms. The number of hydrogen-bond acceptors (Lipinski definition) is 4. The van der Waals surface area contributed by atoms with E-state index in [0.717, 1.165) is 23.3 Å². The van der Waals surface area contributed by atoms with E-state index in [1.807, 2.05) is 6.07 Å². The summed E-state index contributed by atoms with van der Waals surface area (Å²) in [5.74, 6) is -0.892. The summed E-state index contributed by atoms with van der Waals surface area (Å²) in [7, 11) is 0. The van der Waals surface area contributed by atoms with Crippen molar-refractivity contribution in [1.82, 2.24) is 15.0 Å². The van der Waals surface area contributed by atoms with Crippen molar-refractivity contribution in [3.63, 3.8) is 0 Å². The number of H-pyrrole nitrogens is 1. The normalized spacial score (nSPS) is 11.5. The summed E-state index contributed by atoms with van der Waals surface area (Å²) in [5.41, 5.74) is 2.48. The number of hydrogen-bond donors (Lipinski definition) is 1. The molecule has 1 N–H and O–H groups in total. The van der Waals surface area contributed by atoms with Crippen LogP contribution in [0.15, 0.2) is 67.3 Å². The van der Waals surface area contributed by atoms with Crippen LogP contribution in [-0.2, 0) is 0 Å².